The van der Waals surface area contributed by atoms with Crippen molar-refractivity contribution in [3.05, 3.63) is 12.0 Å². The molecule has 59 heavy (non-hydrogen) atoms. The molecule has 22 atom stereocenters. The fourth-order valence-electron chi connectivity index (χ4n) is 7.33. The molecular weight excluding hydrogens is 804 g/mol. The van der Waals surface area contributed by atoms with Crippen molar-refractivity contribution in [1.82, 2.24) is 10.6 Å². The number of amides is 2. The van der Waals surface area contributed by atoms with Gasteiger partial charge in [0.1, 0.15) is 91.7 Å². The summed E-state index contributed by atoms with van der Waals surface area (Å²) in [5, 5.41) is 142. The minimum absolute atomic E-state index is 0.0373. The maximum absolute atomic E-state index is 12.9. The summed E-state index contributed by atoms with van der Waals surface area (Å²) in [6.45, 7) is 3.20. The normalized spacial score (nSPS) is 44.9. The number of carbonyl (C=O) groups excluding carboxylic acids is 2. The predicted octanol–water partition coefficient (Wildman–Crippen LogP) is -7.31. The average Bonchev–Trinajstić information content (AvgIpc) is 3.18. The van der Waals surface area contributed by atoms with Crippen LogP contribution in [0.3, 0.4) is 0 Å². The van der Waals surface area contributed by atoms with Crippen LogP contribution in [0.25, 0.3) is 0 Å². The summed E-state index contributed by atoms with van der Waals surface area (Å²) in [7, 11) is 0. The smallest absolute Gasteiger partial charge is 0.217 e. The molecule has 0 aromatic rings. The SMILES string of the molecule is CC(=O)NC1C(C)OC(CO)C(O)C1OC1OC(CO)C(OC2OC(CO)C(O)C(O)C2OC(C)(O)C(O)/C(O)=C/O)C(OC2OC(C)C(O)C(O)C2O)C1NC(C)=O. The fourth-order valence-corrected chi connectivity index (χ4v) is 7.33. The number of rotatable bonds is 15. The molecule has 4 fully saturated rings. The molecule has 0 radical (unpaired) electrons. The van der Waals surface area contributed by atoms with Gasteiger partial charge in [-0.05, 0) is 20.8 Å². The summed E-state index contributed by atoms with van der Waals surface area (Å²) in [6.07, 6.45) is -33.2. The Kier molecular flexibility index (Phi) is 17.2. The van der Waals surface area contributed by atoms with E-state index in [9.17, 15) is 76.0 Å². The Balaban J connectivity index is 1.83. The molecule has 4 aliphatic heterocycles. The van der Waals surface area contributed by atoms with Gasteiger partial charge in [0.2, 0.25) is 11.8 Å². The first-order chi connectivity index (χ1) is 27.6. The second kappa shape index (κ2) is 20.6. The van der Waals surface area contributed by atoms with Gasteiger partial charge in [-0.15, -0.1) is 0 Å². The summed E-state index contributed by atoms with van der Waals surface area (Å²) >= 11 is 0. The van der Waals surface area contributed by atoms with Gasteiger partial charge in [0.15, 0.2) is 36.5 Å². The van der Waals surface area contributed by atoms with Crippen molar-refractivity contribution in [1.29, 1.82) is 0 Å². The van der Waals surface area contributed by atoms with Crippen LogP contribution >= 0.6 is 0 Å². The number of aliphatic hydroxyl groups is 13. The van der Waals surface area contributed by atoms with Crippen LogP contribution in [-0.2, 0) is 47.5 Å². The molecule has 0 aliphatic carbocycles. The summed E-state index contributed by atoms with van der Waals surface area (Å²) in [5.41, 5.74) is 0. The number of hydrogen-bond acceptors (Lipinski definition) is 23. The molecular formula is C34H58N2O23. The van der Waals surface area contributed by atoms with Crippen LogP contribution in [0, 0.1) is 0 Å². The maximum Gasteiger partial charge on any atom is 0.217 e. The van der Waals surface area contributed by atoms with Gasteiger partial charge >= 0.3 is 0 Å². The van der Waals surface area contributed by atoms with Crippen LogP contribution in [-0.4, -0.2) is 232 Å². The van der Waals surface area contributed by atoms with Crippen LogP contribution < -0.4 is 10.6 Å². The third-order valence-corrected chi connectivity index (χ3v) is 10.5. The molecule has 0 spiro atoms. The van der Waals surface area contributed by atoms with Crippen LogP contribution in [0.1, 0.15) is 34.6 Å². The number of ether oxygens (including phenoxy) is 8. The Morgan fingerprint density at radius 3 is 1.73 bits per heavy atom. The summed E-state index contributed by atoms with van der Waals surface area (Å²) < 4.78 is 47.3. The second-order valence-electron chi connectivity index (χ2n) is 15.0. The van der Waals surface area contributed by atoms with Gasteiger partial charge in [0.25, 0.3) is 0 Å². The van der Waals surface area contributed by atoms with Crippen molar-refractivity contribution in [2.75, 3.05) is 19.8 Å². The first kappa shape index (κ1) is 49.2. The van der Waals surface area contributed by atoms with E-state index in [2.05, 4.69) is 10.6 Å². The summed E-state index contributed by atoms with van der Waals surface area (Å²) in [4.78, 5) is 25.1. The molecule has 0 bridgehead atoms. The molecule has 22 unspecified atom stereocenters. The highest BCUT2D eigenvalue weighted by molar-refractivity contribution is 5.73. The highest BCUT2D eigenvalue weighted by atomic mass is 16.8. The quantitative estimate of drug-likeness (QED) is 0.0537. The molecule has 342 valence electrons. The lowest BCUT2D eigenvalue weighted by atomic mass is 9.91. The van der Waals surface area contributed by atoms with E-state index in [0.29, 0.717) is 0 Å². The summed E-state index contributed by atoms with van der Waals surface area (Å²) in [5.74, 6) is -5.47. The molecule has 15 N–H and O–H groups in total. The van der Waals surface area contributed by atoms with E-state index in [0.717, 1.165) is 13.8 Å². The molecule has 4 rings (SSSR count). The fraction of sp³-hybridized carbons (Fsp3) is 0.882. The zero-order valence-electron chi connectivity index (χ0n) is 32.7. The predicted molar refractivity (Wildman–Crippen MR) is 188 cm³/mol. The van der Waals surface area contributed by atoms with Gasteiger partial charge in [0, 0.05) is 13.8 Å². The number of nitrogens with one attached hydrogen (secondary N) is 2. The maximum atomic E-state index is 12.9. The van der Waals surface area contributed by atoms with Gasteiger partial charge in [-0.2, -0.15) is 0 Å². The van der Waals surface area contributed by atoms with Gasteiger partial charge < -0.3 is 115 Å². The minimum Gasteiger partial charge on any atom is -0.512 e. The lowest BCUT2D eigenvalue weighted by Gasteiger charge is -2.52. The first-order valence-electron chi connectivity index (χ1n) is 18.8. The minimum atomic E-state index is -2.90. The molecule has 0 saturated carbocycles. The second-order valence-corrected chi connectivity index (χ2v) is 15.0. The number of hydrogen-bond donors (Lipinski definition) is 15. The van der Waals surface area contributed by atoms with Crippen LogP contribution in [0.5, 0.6) is 0 Å². The number of aliphatic hydroxyl groups excluding tert-OH is 12. The molecule has 0 aromatic carbocycles. The van der Waals surface area contributed by atoms with Gasteiger partial charge in [0.05, 0.1) is 38.1 Å². The van der Waals surface area contributed by atoms with Crippen LogP contribution in [0.4, 0.5) is 0 Å². The average molecular weight is 863 g/mol. The monoisotopic (exact) mass is 862 g/mol. The van der Waals surface area contributed by atoms with E-state index in [1.54, 1.807) is 0 Å². The first-order valence-corrected chi connectivity index (χ1v) is 18.8. The van der Waals surface area contributed by atoms with Crippen LogP contribution in [0.15, 0.2) is 12.0 Å². The molecule has 4 saturated heterocycles. The topological polar surface area (TPSA) is 395 Å². The third kappa shape index (κ3) is 10.9. The Labute approximate surface area is 337 Å². The molecule has 25 heteroatoms. The van der Waals surface area contributed by atoms with Crippen molar-refractivity contribution in [3.63, 3.8) is 0 Å². The largest absolute Gasteiger partial charge is 0.512 e. The van der Waals surface area contributed by atoms with Crippen molar-refractivity contribution in [2.24, 2.45) is 0 Å². The lowest BCUT2D eigenvalue weighted by Crippen LogP contribution is -2.72. The molecule has 2 amide bonds. The summed E-state index contributed by atoms with van der Waals surface area (Å²) in [6, 6.07) is -2.80. The Hall–Kier alpha value is -2.48. The van der Waals surface area contributed by atoms with Gasteiger partial charge in [-0.25, -0.2) is 0 Å². The van der Waals surface area contributed by atoms with Crippen molar-refractivity contribution in [3.8, 4) is 0 Å². The number of carbonyl (C=O) groups is 2. The Morgan fingerprint density at radius 1 is 0.644 bits per heavy atom. The van der Waals surface area contributed by atoms with Gasteiger partial charge in [-0.1, -0.05) is 0 Å². The molecule has 25 nitrogen and oxygen atoms in total. The van der Waals surface area contributed by atoms with E-state index < -0.39 is 172 Å². The highest BCUT2D eigenvalue weighted by Gasteiger charge is 2.58. The van der Waals surface area contributed by atoms with Crippen molar-refractivity contribution >= 4 is 11.8 Å². The van der Waals surface area contributed by atoms with E-state index in [1.165, 1.54) is 20.8 Å². The zero-order chi connectivity index (χ0) is 44.3. The van der Waals surface area contributed by atoms with E-state index in [1.807, 2.05) is 0 Å². The van der Waals surface area contributed by atoms with E-state index in [4.69, 9.17) is 37.9 Å². The van der Waals surface area contributed by atoms with Crippen molar-refractivity contribution in [2.45, 2.75) is 169 Å². The lowest BCUT2D eigenvalue weighted by molar-refractivity contribution is -0.396. The highest BCUT2D eigenvalue weighted by Crippen LogP contribution is 2.37. The van der Waals surface area contributed by atoms with Gasteiger partial charge in [-0.3, -0.25) is 9.59 Å². The van der Waals surface area contributed by atoms with E-state index in [-0.39, 0.29) is 6.26 Å². The Bertz CT molecular complexity index is 1410. The zero-order valence-corrected chi connectivity index (χ0v) is 32.7. The molecule has 4 aliphatic rings. The standard InChI is InChI=1S/C34H58N2O23/c1-10-18(35-12(3)41)27(22(46)16(8-39)52-10)57-31-19(36-13(4)42)28(58-32-25(49)23(47)20(44)11(2)53-32)26(17(9-40)55-31)56-33-29(24(48)21(45)15(7-38)54-33)59-34(5,51)30(50)14(43)6-37/h6,10-11,15-33,37-40,43-51H,7-9H2,1-5H3,(H,35,41)(H,36,42)/b14-6-. The van der Waals surface area contributed by atoms with Crippen molar-refractivity contribution < 1.29 is 114 Å². The Morgan fingerprint density at radius 2 is 1.17 bits per heavy atom. The van der Waals surface area contributed by atoms with E-state index >= 15 is 0 Å². The van der Waals surface area contributed by atoms with Crippen LogP contribution in [0.2, 0.25) is 0 Å². The third-order valence-electron chi connectivity index (χ3n) is 10.5. The molecule has 4 heterocycles. The molecule has 0 aromatic heterocycles.